The van der Waals surface area contributed by atoms with Gasteiger partial charge in [-0.15, -0.1) is 0 Å². The first-order chi connectivity index (χ1) is 10.5. The highest BCUT2D eigenvalue weighted by Crippen LogP contribution is 2.21. The molecule has 0 amide bonds. The Balaban J connectivity index is 1.92. The number of hydrogen-bond acceptors (Lipinski definition) is 4. The molecule has 2 N–H and O–H groups in total. The van der Waals surface area contributed by atoms with Crippen LogP contribution in [-0.2, 0) is 10.0 Å². The largest absolute Gasteiger partial charge is 0.396 e. The van der Waals surface area contributed by atoms with Crippen LogP contribution in [0.4, 0.5) is 0 Å². The van der Waals surface area contributed by atoms with E-state index in [1.165, 1.54) is 6.26 Å². The summed E-state index contributed by atoms with van der Waals surface area (Å²) in [7, 11) is -3.09. The van der Waals surface area contributed by atoms with Crippen LogP contribution in [0.3, 0.4) is 0 Å². The van der Waals surface area contributed by atoms with Crippen LogP contribution in [0.2, 0.25) is 0 Å². The molecule has 1 aliphatic rings. The first-order valence-electron chi connectivity index (χ1n) is 7.85. The summed E-state index contributed by atoms with van der Waals surface area (Å²) in [5.41, 5.74) is 1.16. The summed E-state index contributed by atoms with van der Waals surface area (Å²) in [4.78, 5) is 0. The molecule has 0 bridgehead atoms. The van der Waals surface area contributed by atoms with Crippen molar-refractivity contribution in [1.29, 1.82) is 0 Å². The second kappa shape index (κ2) is 8.06. The van der Waals surface area contributed by atoms with Crippen molar-refractivity contribution in [2.75, 3.05) is 32.5 Å². The molecule has 0 radical (unpaired) electrons. The highest BCUT2D eigenvalue weighted by atomic mass is 32.2. The van der Waals surface area contributed by atoms with Crippen molar-refractivity contribution in [3.63, 3.8) is 0 Å². The maximum absolute atomic E-state index is 11.7. The fourth-order valence-corrected chi connectivity index (χ4v) is 3.95. The first kappa shape index (κ1) is 17.4. The third-order valence-electron chi connectivity index (χ3n) is 4.22. The summed E-state index contributed by atoms with van der Waals surface area (Å²) < 4.78 is 24.9. The van der Waals surface area contributed by atoms with Crippen LogP contribution in [0.15, 0.2) is 30.3 Å². The van der Waals surface area contributed by atoms with E-state index in [0.717, 1.165) is 24.9 Å². The molecule has 2 atom stereocenters. The average molecular weight is 326 g/mol. The Morgan fingerprint density at radius 2 is 2.09 bits per heavy atom. The molecule has 1 heterocycles. The Hall–Kier alpha value is -0.950. The third-order valence-corrected chi connectivity index (χ3v) is 5.49. The molecule has 22 heavy (non-hydrogen) atoms. The van der Waals surface area contributed by atoms with Gasteiger partial charge < -0.3 is 10.4 Å². The molecular weight excluding hydrogens is 300 g/mol. The van der Waals surface area contributed by atoms with E-state index in [0.29, 0.717) is 25.4 Å². The molecule has 5 nitrogen and oxygen atoms in total. The fourth-order valence-electron chi connectivity index (χ4n) is 3.00. The van der Waals surface area contributed by atoms with E-state index in [4.69, 9.17) is 0 Å². The third kappa shape index (κ3) is 5.05. The van der Waals surface area contributed by atoms with Crippen LogP contribution in [0.5, 0.6) is 0 Å². The van der Waals surface area contributed by atoms with Crippen molar-refractivity contribution in [3.05, 3.63) is 35.9 Å². The predicted octanol–water partition coefficient (Wildman–Crippen LogP) is 1.37. The van der Waals surface area contributed by atoms with Crippen molar-refractivity contribution in [2.24, 2.45) is 5.92 Å². The van der Waals surface area contributed by atoms with Gasteiger partial charge in [0.15, 0.2) is 0 Å². The molecule has 2 unspecified atom stereocenters. The minimum atomic E-state index is -3.09. The Morgan fingerprint density at radius 1 is 1.36 bits per heavy atom. The van der Waals surface area contributed by atoms with E-state index in [-0.39, 0.29) is 12.6 Å². The molecule has 1 fully saturated rings. The summed E-state index contributed by atoms with van der Waals surface area (Å²) >= 11 is 0. The highest BCUT2D eigenvalue weighted by Gasteiger charge is 2.26. The number of nitrogens with zero attached hydrogens (tertiary/aromatic N) is 1. The second-order valence-corrected chi connectivity index (χ2v) is 8.00. The Morgan fingerprint density at radius 3 is 2.73 bits per heavy atom. The molecule has 0 saturated carbocycles. The lowest BCUT2D eigenvalue weighted by Crippen LogP contribution is -2.42. The normalized spacial score (nSPS) is 21.6. The molecule has 0 spiro atoms. The van der Waals surface area contributed by atoms with Crippen LogP contribution in [0.25, 0.3) is 0 Å². The molecule has 1 aliphatic heterocycles. The van der Waals surface area contributed by atoms with Gasteiger partial charge in [0, 0.05) is 25.7 Å². The second-order valence-electron chi connectivity index (χ2n) is 6.01. The molecule has 124 valence electrons. The van der Waals surface area contributed by atoms with Crippen molar-refractivity contribution < 1.29 is 13.5 Å². The van der Waals surface area contributed by atoms with Crippen molar-refractivity contribution >= 4 is 10.0 Å². The summed E-state index contributed by atoms with van der Waals surface area (Å²) in [5, 5.41) is 12.8. The standard InChI is InChI=1S/C16H26N2O3S/c1-22(20,21)18-10-5-6-14(13-18)12-17-16(9-11-19)15-7-3-2-4-8-15/h2-4,7-8,14,16-17,19H,5-6,9-13H2,1H3. The van der Waals surface area contributed by atoms with E-state index in [9.17, 15) is 13.5 Å². The monoisotopic (exact) mass is 326 g/mol. The molecule has 2 rings (SSSR count). The minimum absolute atomic E-state index is 0.111. The van der Waals surface area contributed by atoms with Gasteiger partial charge in [0.1, 0.15) is 0 Å². The van der Waals surface area contributed by atoms with Gasteiger partial charge in [-0.05, 0) is 37.3 Å². The fraction of sp³-hybridized carbons (Fsp3) is 0.625. The zero-order chi connectivity index (χ0) is 16.0. The van der Waals surface area contributed by atoms with Crippen LogP contribution < -0.4 is 5.32 Å². The Kier molecular flexibility index (Phi) is 6.37. The van der Waals surface area contributed by atoms with Crippen LogP contribution in [0.1, 0.15) is 30.9 Å². The van der Waals surface area contributed by atoms with Gasteiger partial charge in [0.2, 0.25) is 10.0 Å². The first-order valence-corrected chi connectivity index (χ1v) is 9.70. The molecular formula is C16H26N2O3S. The van der Waals surface area contributed by atoms with Gasteiger partial charge in [-0.1, -0.05) is 30.3 Å². The van der Waals surface area contributed by atoms with E-state index >= 15 is 0 Å². The molecule has 6 heteroatoms. The SMILES string of the molecule is CS(=O)(=O)N1CCCC(CNC(CCO)c2ccccc2)C1. The van der Waals surface area contributed by atoms with E-state index in [2.05, 4.69) is 17.4 Å². The number of aliphatic hydroxyl groups excluding tert-OH is 1. The van der Waals surface area contributed by atoms with Crippen LogP contribution >= 0.6 is 0 Å². The van der Waals surface area contributed by atoms with Crippen LogP contribution in [0, 0.1) is 5.92 Å². The maximum atomic E-state index is 11.7. The van der Waals surface area contributed by atoms with Gasteiger partial charge in [-0.3, -0.25) is 0 Å². The highest BCUT2D eigenvalue weighted by molar-refractivity contribution is 7.88. The lowest BCUT2D eigenvalue weighted by Gasteiger charge is -2.32. The number of hydrogen-bond donors (Lipinski definition) is 2. The topological polar surface area (TPSA) is 69.6 Å². The number of rotatable bonds is 7. The van der Waals surface area contributed by atoms with Gasteiger partial charge in [-0.25, -0.2) is 12.7 Å². The van der Waals surface area contributed by atoms with Gasteiger partial charge in [-0.2, -0.15) is 0 Å². The van der Waals surface area contributed by atoms with E-state index in [1.54, 1.807) is 4.31 Å². The van der Waals surface area contributed by atoms with E-state index in [1.807, 2.05) is 18.2 Å². The van der Waals surface area contributed by atoms with Gasteiger partial charge >= 0.3 is 0 Å². The number of aliphatic hydroxyl groups is 1. The summed E-state index contributed by atoms with van der Waals surface area (Å²) in [5.74, 6) is 0.327. The minimum Gasteiger partial charge on any atom is -0.396 e. The maximum Gasteiger partial charge on any atom is 0.211 e. The average Bonchev–Trinajstić information content (AvgIpc) is 2.52. The van der Waals surface area contributed by atoms with Gasteiger partial charge in [0.25, 0.3) is 0 Å². The lowest BCUT2D eigenvalue weighted by molar-refractivity contribution is 0.237. The molecule has 1 aromatic carbocycles. The number of nitrogens with one attached hydrogen (secondary N) is 1. The van der Waals surface area contributed by atoms with Crippen molar-refractivity contribution in [2.45, 2.75) is 25.3 Å². The number of piperidine rings is 1. The summed E-state index contributed by atoms with van der Waals surface area (Å²) in [6, 6.07) is 10.2. The van der Waals surface area contributed by atoms with Crippen molar-refractivity contribution in [1.82, 2.24) is 9.62 Å². The predicted molar refractivity (Wildman–Crippen MR) is 88.0 cm³/mol. The lowest BCUT2D eigenvalue weighted by atomic mass is 9.98. The quantitative estimate of drug-likeness (QED) is 0.794. The van der Waals surface area contributed by atoms with E-state index < -0.39 is 10.0 Å². The molecule has 0 aliphatic carbocycles. The Labute approximate surface area is 133 Å². The molecule has 1 aromatic rings. The molecule has 0 aromatic heterocycles. The Bertz CT molecular complexity index is 548. The summed E-state index contributed by atoms with van der Waals surface area (Å²) in [6.07, 6.45) is 3.89. The number of benzene rings is 1. The smallest absolute Gasteiger partial charge is 0.211 e. The van der Waals surface area contributed by atoms with Crippen LogP contribution in [-0.4, -0.2) is 50.3 Å². The summed E-state index contributed by atoms with van der Waals surface area (Å²) in [6.45, 7) is 2.12. The van der Waals surface area contributed by atoms with Gasteiger partial charge in [0.05, 0.1) is 6.26 Å². The number of sulfonamides is 1. The van der Waals surface area contributed by atoms with Crippen molar-refractivity contribution in [3.8, 4) is 0 Å². The molecule has 1 saturated heterocycles. The zero-order valence-corrected chi connectivity index (χ0v) is 13.9. The zero-order valence-electron chi connectivity index (χ0n) is 13.1.